The topological polar surface area (TPSA) is 92.0 Å². The van der Waals surface area contributed by atoms with Crippen molar-refractivity contribution in [2.75, 3.05) is 0 Å². The largest absolute Gasteiger partial charge is 0.508 e. The SMILES string of the molecule is NC(=O)c1ccc(O)cc1-c1cc(-c2ccc(F)cc2)n[nH]1. The van der Waals surface area contributed by atoms with Crippen LogP contribution >= 0.6 is 0 Å². The van der Waals surface area contributed by atoms with Gasteiger partial charge in [-0.1, -0.05) is 0 Å². The number of primary amides is 1. The second kappa shape index (κ2) is 5.33. The first kappa shape index (κ1) is 13.8. The van der Waals surface area contributed by atoms with Gasteiger partial charge in [0.2, 0.25) is 5.91 Å². The van der Waals surface area contributed by atoms with E-state index in [0.29, 0.717) is 17.0 Å². The van der Waals surface area contributed by atoms with Crippen LogP contribution in [0.4, 0.5) is 4.39 Å². The first-order valence-electron chi connectivity index (χ1n) is 6.49. The molecular weight excluding hydrogens is 285 g/mol. The fourth-order valence-corrected chi connectivity index (χ4v) is 2.20. The number of rotatable bonds is 3. The third-order valence-electron chi connectivity index (χ3n) is 3.28. The average Bonchev–Trinajstić information content (AvgIpc) is 2.97. The van der Waals surface area contributed by atoms with E-state index >= 15 is 0 Å². The highest BCUT2D eigenvalue weighted by Crippen LogP contribution is 2.29. The maximum absolute atomic E-state index is 13.0. The van der Waals surface area contributed by atoms with Crippen molar-refractivity contribution in [3.63, 3.8) is 0 Å². The van der Waals surface area contributed by atoms with E-state index < -0.39 is 5.91 Å². The number of hydrogen-bond acceptors (Lipinski definition) is 3. The minimum Gasteiger partial charge on any atom is -0.508 e. The molecule has 0 aliphatic carbocycles. The molecule has 5 nitrogen and oxygen atoms in total. The summed E-state index contributed by atoms with van der Waals surface area (Å²) in [6, 6.07) is 11.9. The summed E-state index contributed by atoms with van der Waals surface area (Å²) >= 11 is 0. The number of carbonyl (C=O) groups is 1. The summed E-state index contributed by atoms with van der Waals surface area (Å²) in [5, 5.41) is 16.5. The Morgan fingerprint density at radius 1 is 1.14 bits per heavy atom. The molecule has 0 aliphatic heterocycles. The van der Waals surface area contributed by atoms with Crippen molar-refractivity contribution in [3.8, 4) is 28.3 Å². The van der Waals surface area contributed by atoms with Gasteiger partial charge in [0.05, 0.1) is 11.4 Å². The van der Waals surface area contributed by atoms with E-state index in [-0.39, 0.29) is 17.1 Å². The molecule has 6 heteroatoms. The Kier molecular flexibility index (Phi) is 3.34. The van der Waals surface area contributed by atoms with Crippen LogP contribution < -0.4 is 5.73 Å². The molecule has 1 heterocycles. The van der Waals surface area contributed by atoms with Gasteiger partial charge in [-0.25, -0.2) is 4.39 Å². The molecular formula is C16H12FN3O2. The van der Waals surface area contributed by atoms with Gasteiger partial charge in [0.25, 0.3) is 0 Å². The number of aromatic hydroxyl groups is 1. The van der Waals surface area contributed by atoms with Gasteiger partial charge in [-0.3, -0.25) is 9.89 Å². The monoisotopic (exact) mass is 297 g/mol. The summed E-state index contributed by atoms with van der Waals surface area (Å²) in [7, 11) is 0. The van der Waals surface area contributed by atoms with Crippen LogP contribution in [0.5, 0.6) is 5.75 Å². The van der Waals surface area contributed by atoms with Crippen LogP contribution in [0.2, 0.25) is 0 Å². The quantitative estimate of drug-likeness (QED) is 0.694. The van der Waals surface area contributed by atoms with Crippen LogP contribution in [-0.4, -0.2) is 21.2 Å². The summed E-state index contributed by atoms with van der Waals surface area (Å²) in [5.74, 6) is -0.922. The van der Waals surface area contributed by atoms with Crippen molar-refractivity contribution >= 4 is 5.91 Å². The lowest BCUT2D eigenvalue weighted by molar-refractivity contribution is 0.100. The molecule has 1 amide bonds. The molecule has 0 bridgehead atoms. The van der Waals surface area contributed by atoms with E-state index in [0.717, 1.165) is 5.56 Å². The Hall–Kier alpha value is -3.15. The summed E-state index contributed by atoms with van der Waals surface area (Å²) in [6.45, 7) is 0. The van der Waals surface area contributed by atoms with Crippen LogP contribution in [0.1, 0.15) is 10.4 Å². The molecule has 110 valence electrons. The number of nitrogens with one attached hydrogen (secondary N) is 1. The molecule has 4 N–H and O–H groups in total. The lowest BCUT2D eigenvalue weighted by Gasteiger charge is -2.04. The zero-order valence-electron chi connectivity index (χ0n) is 11.4. The zero-order chi connectivity index (χ0) is 15.7. The number of nitrogens with two attached hydrogens (primary N) is 1. The molecule has 0 saturated carbocycles. The number of benzene rings is 2. The number of carbonyl (C=O) groups excluding carboxylic acids is 1. The van der Waals surface area contributed by atoms with Gasteiger partial charge in [-0.2, -0.15) is 5.10 Å². The minimum absolute atomic E-state index is 0.0120. The number of hydrogen-bond donors (Lipinski definition) is 3. The minimum atomic E-state index is -0.604. The highest BCUT2D eigenvalue weighted by atomic mass is 19.1. The number of aromatic amines is 1. The van der Waals surface area contributed by atoms with Crippen molar-refractivity contribution in [1.82, 2.24) is 10.2 Å². The maximum Gasteiger partial charge on any atom is 0.249 e. The third kappa shape index (κ3) is 2.54. The first-order valence-corrected chi connectivity index (χ1v) is 6.49. The van der Waals surface area contributed by atoms with E-state index in [2.05, 4.69) is 10.2 Å². The lowest BCUT2D eigenvalue weighted by atomic mass is 10.0. The average molecular weight is 297 g/mol. The molecule has 0 saturated heterocycles. The highest BCUT2D eigenvalue weighted by Gasteiger charge is 2.14. The second-order valence-corrected chi connectivity index (χ2v) is 4.77. The molecule has 0 atom stereocenters. The Balaban J connectivity index is 2.06. The smallest absolute Gasteiger partial charge is 0.249 e. The van der Waals surface area contributed by atoms with Gasteiger partial charge in [0.1, 0.15) is 11.6 Å². The molecule has 0 aliphatic rings. The summed E-state index contributed by atoms with van der Waals surface area (Å²) in [6.07, 6.45) is 0. The molecule has 22 heavy (non-hydrogen) atoms. The number of amides is 1. The van der Waals surface area contributed by atoms with E-state index in [1.165, 1.54) is 30.3 Å². The highest BCUT2D eigenvalue weighted by molar-refractivity contribution is 5.99. The second-order valence-electron chi connectivity index (χ2n) is 4.77. The fourth-order valence-electron chi connectivity index (χ4n) is 2.20. The van der Waals surface area contributed by atoms with Crippen LogP contribution in [0.15, 0.2) is 48.5 Å². The lowest BCUT2D eigenvalue weighted by Crippen LogP contribution is -2.12. The van der Waals surface area contributed by atoms with Gasteiger partial charge in [-0.15, -0.1) is 0 Å². The van der Waals surface area contributed by atoms with Crippen LogP contribution in [0, 0.1) is 5.82 Å². The van der Waals surface area contributed by atoms with Gasteiger partial charge in [-0.05, 0) is 48.5 Å². The third-order valence-corrected chi connectivity index (χ3v) is 3.28. The standard InChI is InChI=1S/C16H12FN3O2/c17-10-3-1-9(2-4-10)14-8-15(20-19-14)13-7-11(21)5-6-12(13)16(18)22/h1-8,21H,(H2,18,22)(H,19,20). The summed E-state index contributed by atoms with van der Waals surface area (Å²) in [5.41, 5.74) is 7.91. The Morgan fingerprint density at radius 3 is 2.55 bits per heavy atom. The Labute approximate surface area is 125 Å². The van der Waals surface area contributed by atoms with Crippen molar-refractivity contribution < 1.29 is 14.3 Å². The first-order chi connectivity index (χ1) is 10.5. The molecule has 0 fully saturated rings. The number of phenols is 1. The molecule has 1 aromatic heterocycles. The van der Waals surface area contributed by atoms with E-state index in [4.69, 9.17) is 5.73 Å². The number of nitrogens with zero attached hydrogens (tertiary/aromatic N) is 1. The molecule has 0 radical (unpaired) electrons. The van der Waals surface area contributed by atoms with Crippen molar-refractivity contribution in [2.24, 2.45) is 5.73 Å². The predicted octanol–water partition coefficient (Wildman–Crippen LogP) is 2.69. The van der Waals surface area contributed by atoms with Gasteiger partial charge in [0.15, 0.2) is 0 Å². The van der Waals surface area contributed by atoms with Crippen LogP contribution in [0.3, 0.4) is 0 Å². The van der Waals surface area contributed by atoms with Crippen molar-refractivity contribution in [2.45, 2.75) is 0 Å². The summed E-state index contributed by atoms with van der Waals surface area (Å²) < 4.78 is 13.0. The van der Waals surface area contributed by atoms with Crippen LogP contribution in [-0.2, 0) is 0 Å². The van der Waals surface area contributed by atoms with E-state index in [9.17, 15) is 14.3 Å². The van der Waals surface area contributed by atoms with Crippen molar-refractivity contribution in [1.29, 1.82) is 0 Å². The Morgan fingerprint density at radius 2 is 1.86 bits per heavy atom. The van der Waals surface area contributed by atoms with E-state index in [1.54, 1.807) is 18.2 Å². The normalized spacial score (nSPS) is 10.6. The van der Waals surface area contributed by atoms with Crippen LogP contribution in [0.25, 0.3) is 22.5 Å². The predicted molar refractivity (Wildman–Crippen MR) is 79.6 cm³/mol. The van der Waals surface area contributed by atoms with Gasteiger partial charge in [0, 0.05) is 16.7 Å². The molecule has 3 rings (SSSR count). The number of H-pyrrole nitrogens is 1. The van der Waals surface area contributed by atoms with Gasteiger partial charge < -0.3 is 10.8 Å². The number of aromatic nitrogens is 2. The molecule has 0 spiro atoms. The number of phenolic OH excluding ortho intramolecular Hbond substituents is 1. The molecule has 3 aromatic rings. The summed E-state index contributed by atoms with van der Waals surface area (Å²) in [4.78, 5) is 11.5. The maximum atomic E-state index is 13.0. The molecule has 2 aromatic carbocycles. The van der Waals surface area contributed by atoms with Crippen molar-refractivity contribution in [3.05, 3.63) is 59.9 Å². The Bertz CT molecular complexity index is 841. The van der Waals surface area contributed by atoms with Gasteiger partial charge >= 0.3 is 0 Å². The fraction of sp³-hybridized carbons (Fsp3) is 0. The van der Waals surface area contributed by atoms with E-state index in [1.807, 2.05) is 0 Å². The number of halogens is 1. The molecule has 0 unspecified atom stereocenters. The zero-order valence-corrected chi connectivity index (χ0v) is 11.4.